The molecule has 2 nitrogen and oxygen atoms in total. The summed E-state index contributed by atoms with van der Waals surface area (Å²) in [6.45, 7) is 0.0651. The summed E-state index contributed by atoms with van der Waals surface area (Å²) >= 11 is 1.87. The summed E-state index contributed by atoms with van der Waals surface area (Å²) in [5.41, 5.74) is 8.33. The standard InChI is InChI=1S/C36H21BO2S/c1-4-17-34-26(10-1)27-12-6-11-25(36(27)40-34)24-9-5-8-22(20-24)23-18-19-31-29(21-23)37-28-13-2-3-14-30(28)38-32-15-7-16-33(39-31)35(32)37/h1-21H. The number of fused-ring (bicyclic) bond motifs is 7. The van der Waals surface area contributed by atoms with E-state index in [-0.39, 0.29) is 6.71 Å². The molecule has 2 aliphatic heterocycles. The summed E-state index contributed by atoms with van der Waals surface area (Å²) in [5.74, 6) is 3.56. The Kier molecular flexibility index (Phi) is 4.61. The molecule has 0 amide bonds. The van der Waals surface area contributed by atoms with Crippen molar-refractivity contribution < 1.29 is 9.47 Å². The van der Waals surface area contributed by atoms with Crippen LogP contribution in [0.15, 0.2) is 127 Å². The quantitative estimate of drug-likeness (QED) is 0.211. The predicted molar refractivity (Wildman–Crippen MR) is 168 cm³/mol. The summed E-state index contributed by atoms with van der Waals surface area (Å²) in [6.07, 6.45) is 0. The van der Waals surface area contributed by atoms with Gasteiger partial charge in [-0.15, -0.1) is 11.3 Å². The number of ether oxygens (including phenoxy) is 2. The SMILES string of the molecule is c1cc(-c2ccc3c(c2)B2c4ccccc4Oc4cccc(c42)O3)cc(-c2cccc3c2sc2ccccc23)c1. The molecule has 9 rings (SSSR count). The molecule has 40 heavy (non-hydrogen) atoms. The number of para-hydroxylation sites is 1. The van der Waals surface area contributed by atoms with Gasteiger partial charge in [-0.05, 0) is 69.6 Å². The van der Waals surface area contributed by atoms with Gasteiger partial charge in [-0.2, -0.15) is 0 Å². The Balaban J connectivity index is 1.19. The first-order valence-electron chi connectivity index (χ1n) is 13.5. The molecule has 0 radical (unpaired) electrons. The minimum atomic E-state index is 0.0651. The lowest BCUT2D eigenvalue weighted by atomic mass is 9.35. The summed E-state index contributed by atoms with van der Waals surface area (Å²) in [5, 5.41) is 2.65. The van der Waals surface area contributed by atoms with E-state index in [2.05, 4.69) is 103 Å². The van der Waals surface area contributed by atoms with Gasteiger partial charge in [0.15, 0.2) is 0 Å². The second kappa shape index (κ2) is 8.35. The first-order chi connectivity index (χ1) is 19.8. The average Bonchev–Trinajstić information content (AvgIpc) is 3.40. The molecule has 186 valence electrons. The number of rotatable bonds is 2. The molecule has 7 aromatic rings. The van der Waals surface area contributed by atoms with Crippen molar-refractivity contribution in [3.8, 4) is 45.3 Å². The fourth-order valence-electron chi connectivity index (χ4n) is 6.40. The molecule has 0 unspecified atom stereocenters. The highest BCUT2D eigenvalue weighted by Crippen LogP contribution is 2.41. The molecule has 0 N–H and O–H groups in total. The van der Waals surface area contributed by atoms with E-state index in [1.807, 2.05) is 35.6 Å². The Morgan fingerprint density at radius 2 is 1.15 bits per heavy atom. The van der Waals surface area contributed by atoms with Crippen LogP contribution in [-0.4, -0.2) is 6.71 Å². The molecule has 0 saturated carbocycles. The van der Waals surface area contributed by atoms with Gasteiger partial charge in [0.2, 0.25) is 0 Å². The molecule has 0 bridgehead atoms. The molecule has 0 atom stereocenters. The largest absolute Gasteiger partial charge is 0.458 e. The number of thiophene rings is 1. The zero-order chi connectivity index (χ0) is 26.2. The van der Waals surface area contributed by atoms with Crippen LogP contribution in [0.2, 0.25) is 0 Å². The van der Waals surface area contributed by atoms with Gasteiger partial charge in [-0.3, -0.25) is 0 Å². The van der Waals surface area contributed by atoms with Gasteiger partial charge >= 0.3 is 0 Å². The molecule has 0 saturated heterocycles. The fourth-order valence-corrected chi connectivity index (χ4v) is 7.64. The lowest BCUT2D eigenvalue weighted by Gasteiger charge is -2.33. The van der Waals surface area contributed by atoms with Crippen molar-refractivity contribution in [2.24, 2.45) is 0 Å². The summed E-state index contributed by atoms with van der Waals surface area (Å²) in [4.78, 5) is 0. The van der Waals surface area contributed by atoms with Crippen LogP contribution in [0.3, 0.4) is 0 Å². The molecule has 3 heterocycles. The van der Waals surface area contributed by atoms with E-state index in [1.165, 1.54) is 53.4 Å². The minimum Gasteiger partial charge on any atom is -0.458 e. The van der Waals surface area contributed by atoms with Gasteiger partial charge in [-0.1, -0.05) is 91.0 Å². The normalized spacial score (nSPS) is 12.8. The maximum Gasteiger partial charge on any atom is 0.260 e. The molecule has 0 spiro atoms. The molecule has 1 aromatic heterocycles. The van der Waals surface area contributed by atoms with Crippen LogP contribution in [0.25, 0.3) is 42.4 Å². The zero-order valence-corrected chi connectivity index (χ0v) is 22.2. The molecule has 2 aliphatic rings. The molecule has 6 aromatic carbocycles. The number of hydrogen-bond donors (Lipinski definition) is 0. The third-order valence-corrected chi connectivity index (χ3v) is 9.44. The second-order valence-electron chi connectivity index (χ2n) is 10.5. The van der Waals surface area contributed by atoms with Gasteiger partial charge in [-0.25, -0.2) is 0 Å². The summed E-state index contributed by atoms with van der Waals surface area (Å²) in [6, 6.07) is 45.3. The third kappa shape index (κ3) is 3.17. The maximum absolute atomic E-state index is 6.42. The smallest absolute Gasteiger partial charge is 0.260 e. The molecule has 0 fully saturated rings. The Morgan fingerprint density at radius 3 is 2.08 bits per heavy atom. The highest BCUT2D eigenvalue weighted by atomic mass is 32.1. The zero-order valence-electron chi connectivity index (χ0n) is 21.4. The van der Waals surface area contributed by atoms with Crippen molar-refractivity contribution in [1.29, 1.82) is 0 Å². The van der Waals surface area contributed by atoms with Gasteiger partial charge in [0.25, 0.3) is 6.71 Å². The van der Waals surface area contributed by atoms with Crippen LogP contribution < -0.4 is 25.9 Å². The minimum absolute atomic E-state index is 0.0651. The predicted octanol–water partition coefficient (Wildman–Crippen LogP) is 8.12. The van der Waals surface area contributed by atoms with Crippen molar-refractivity contribution in [3.63, 3.8) is 0 Å². The van der Waals surface area contributed by atoms with Crippen LogP contribution in [0.4, 0.5) is 0 Å². The summed E-state index contributed by atoms with van der Waals surface area (Å²) < 4.78 is 15.4. The van der Waals surface area contributed by atoms with E-state index in [1.54, 1.807) is 0 Å². The summed E-state index contributed by atoms with van der Waals surface area (Å²) in [7, 11) is 0. The van der Waals surface area contributed by atoms with Crippen LogP contribution >= 0.6 is 11.3 Å². The van der Waals surface area contributed by atoms with E-state index in [9.17, 15) is 0 Å². The lowest BCUT2D eigenvalue weighted by Crippen LogP contribution is -2.57. The average molecular weight is 528 g/mol. The van der Waals surface area contributed by atoms with Crippen LogP contribution in [0.5, 0.6) is 23.0 Å². The van der Waals surface area contributed by atoms with Crippen molar-refractivity contribution in [2.45, 2.75) is 0 Å². The topological polar surface area (TPSA) is 18.5 Å². The number of benzene rings is 6. The molecular formula is C36H21BO2S. The molecule has 4 heteroatoms. The Morgan fingerprint density at radius 1 is 0.475 bits per heavy atom. The van der Waals surface area contributed by atoms with E-state index in [0.717, 1.165) is 28.5 Å². The highest BCUT2D eigenvalue weighted by Gasteiger charge is 2.39. The first-order valence-corrected chi connectivity index (χ1v) is 14.4. The van der Waals surface area contributed by atoms with Gasteiger partial charge in [0.05, 0.1) is 0 Å². The monoisotopic (exact) mass is 528 g/mol. The van der Waals surface area contributed by atoms with Crippen LogP contribution in [0, 0.1) is 0 Å². The Hall–Kier alpha value is -4.80. The van der Waals surface area contributed by atoms with Gasteiger partial charge in [0, 0.05) is 25.6 Å². The van der Waals surface area contributed by atoms with E-state index in [0.29, 0.717) is 0 Å². The van der Waals surface area contributed by atoms with Crippen molar-refractivity contribution in [2.75, 3.05) is 0 Å². The van der Waals surface area contributed by atoms with E-state index >= 15 is 0 Å². The third-order valence-electron chi connectivity index (χ3n) is 8.22. The van der Waals surface area contributed by atoms with Gasteiger partial charge < -0.3 is 9.47 Å². The fraction of sp³-hybridized carbons (Fsp3) is 0. The Bertz CT molecular complexity index is 2130. The van der Waals surface area contributed by atoms with Crippen LogP contribution in [0.1, 0.15) is 0 Å². The highest BCUT2D eigenvalue weighted by molar-refractivity contribution is 7.26. The van der Waals surface area contributed by atoms with Crippen molar-refractivity contribution >= 4 is 54.6 Å². The van der Waals surface area contributed by atoms with E-state index in [4.69, 9.17) is 9.47 Å². The van der Waals surface area contributed by atoms with Crippen molar-refractivity contribution in [3.05, 3.63) is 127 Å². The maximum atomic E-state index is 6.42. The lowest BCUT2D eigenvalue weighted by molar-refractivity contribution is 0.464. The first kappa shape index (κ1) is 22.1. The second-order valence-corrected chi connectivity index (χ2v) is 11.5. The van der Waals surface area contributed by atoms with Crippen LogP contribution in [-0.2, 0) is 0 Å². The van der Waals surface area contributed by atoms with E-state index < -0.39 is 0 Å². The Labute approximate surface area is 236 Å². The number of hydrogen-bond acceptors (Lipinski definition) is 3. The van der Waals surface area contributed by atoms with Crippen molar-refractivity contribution in [1.82, 2.24) is 0 Å². The molecular weight excluding hydrogens is 507 g/mol. The van der Waals surface area contributed by atoms with Gasteiger partial charge in [0.1, 0.15) is 23.0 Å². The molecule has 0 aliphatic carbocycles.